The monoisotopic (exact) mass is 559 g/mol. The van der Waals surface area contributed by atoms with Gasteiger partial charge in [-0.05, 0) is 48.1 Å². The van der Waals surface area contributed by atoms with Crippen molar-refractivity contribution in [3.8, 4) is 11.1 Å². The minimum Gasteiger partial charge on any atom is -0.481 e. The van der Waals surface area contributed by atoms with Crippen molar-refractivity contribution in [2.75, 3.05) is 18.4 Å². The number of aliphatic imine (C=N–C) groups is 1. The van der Waals surface area contributed by atoms with E-state index in [4.69, 9.17) is 11.5 Å². The van der Waals surface area contributed by atoms with E-state index in [2.05, 4.69) is 25.9 Å². The van der Waals surface area contributed by atoms with Gasteiger partial charge in [-0.2, -0.15) is 0 Å². The quantitative estimate of drug-likeness (QED) is 0.0878. The van der Waals surface area contributed by atoms with Crippen LogP contribution in [0.4, 0.5) is 5.82 Å². The number of benzene rings is 2. The Labute approximate surface area is 239 Å². The first-order chi connectivity index (χ1) is 19.8. The molecule has 0 radical (unpaired) electrons. The zero-order chi connectivity index (χ0) is 29.5. The Kier molecular flexibility index (Phi) is 12.1. The van der Waals surface area contributed by atoms with Crippen molar-refractivity contribution in [1.82, 2.24) is 15.6 Å². The summed E-state index contributed by atoms with van der Waals surface area (Å²) in [6.45, 7) is 0.820. The summed E-state index contributed by atoms with van der Waals surface area (Å²) in [4.78, 5) is 45.8. The Morgan fingerprint density at radius 2 is 1.59 bits per heavy atom. The number of aliphatic carboxylic acids is 1. The van der Waals surface area contributed by atoms with E-state index >= 15 is 0 Å². The fraction of sp³-hybridized carbons (Fsp3) is 0.300. The van der Waals surface area contributed by atoms with Crippen LogP contribution in [0, 0.1) is 0 Å². The van der Waals surface area contributed by atoms with Crippen LogP contribution in [0.25, 0.3) is 11.1 Å². The zero-order valence-corrected chi connectivity index (χ0v) is 22.8. The molecule has 1 unspecified atom stereocenters. The molecule has 0 aliphatic rings. The molecule has 41 heavy (non-hydrogen) atoms. The number of carbonyl (C=O) groups is 3. The first-order valence-electron chi connectivity index (χ1n) is 13.5. The van der Waals surface area contributed by atoms with E-state index in [0.29, 0.717) is 30.8 Å². The molecule has 0 spiro atoms. The van der Waals surface area contributed by atoms with E-state index < -0.39 is 24.0 Å². The number of carboxylic acids is 1. The smallest absolute Gasteiger partial charge is 0.305 e. The van der Waals surface area contributed by atoms with Crippen LogP contribution in [-0.2, 0) is 14.4 Å². The van der Waals surface area contributed by atoms with Gasteiger partial charge in [-0.15, -0.1) is 0 Å². The number of carbonyl (C=O) groups excluding carboxylic acids is 2. The Bertz CT molecular complexity index is 1280. The van der Waals surface area contributed by atoms with Crippen molar-refractivity contribution in [1.29, 1.82) is 0 Å². The van der Waals surface area contributed by atoms with E-state index in [0.717, 1.165) is 11.1 Å². The molecular formula is C30H37N7O4. The summed E-state index contributed by atoms with van der Waals surface area (Å²) in [5.41, 5.74) is 13.4. The predicted molar refractivity (Wildman–Crippen MR) is 159 cm³/mol. The van der Waals surface area contributed by atoms with Gasteiger partial charge in [-0.3, -0.25) is 19.4 Å². The molecule has 0 saturated heterocycles. The number of anilines is 1. The summed E-state index contributed by atoms with van der Waals surface area (Å²) in [5, 5.41) is 18.3. The number of guanidine groups is 1. The van der Waals surface area contributed by atoms with Crippen LogP contribution < -0.4 is 27.4 Å². The van der Waals surface area contributed by atoms with Gasteiger partial charge in [0, 0.05) is 25.7 Å². The van der Waals surface area contributed by atoms with Crippen molar-refractivity contribution >= 4 is 29.6 Å². The van der Waals surface area contributed by atoms with E-state index in [-0.39, 0.29) is 37.7 Å². The largest absolute Gasteiger partial charge is 0.481 e. The van der Waals surface area contributed by atoms with E-state index in [9.17, 15) is 19.5 Å². The predicted octanol–water partition coefficient (Wildman–Crippen LogP) is 2.81. The number of nitrogens with two attached hydrogens (primary N) is 2. The van der Waals surface area contributed by atoms with Gasteiger partial charge < -0.3 is 32.5 Å². The van der Waals surface area contributed by atoms with Gasteiger partial charge in [0.2, 0.25) is 11.8 Å². The van der Waals surface area contributed by atoms with Gasteiger partial charge in [-0.1, -0.05) is 60.7 Å². The lowest BCUT2D eigenvalue weighted by atomic mass is 9.98. The fourth-order valence-corrected chi connectivity index (χ4v) is 4.21. The van der Waals surface area contributed by atoms with Gasteiger partial charge in [0.1, 0.15) is 11.9 Å². The number of hydrogen-bond acceptors (Lipinski definition) is 6. The lowest BCUT2D eigenvalue weighted by Gasteiger charge is -2.23. The molecule has 0 aliphatic carbocycles. The van der Waals surface area contributed by atoms with Crippen molar-refractivity contribution in [2.24, 2.45) is 16.5 Å². The average Bonchev–Trinajstić information content (AvgIpc) is 2.97. The summed E-state index contributed by atoms with van der Waals surface area (Å²) in [6, 6.07) is 21.0. The molecule has 2 atom stereocenters. The molecule has 1 aromatic heterocycles. The number of aromatic nitrogens is 1. The molecule has 0 saturated carbocycles. The molecule has 0 fully saturated rings. The summed E-state index contributed by atoms with van der Waals surface area (Å²) in [6.07, 6.45) is 2.79. The third kappa shape index (κ3) is 11.0. The molecule has 11 heteroatoms. The first kappa shape index (κ1) is 30.6. The van der Waals surface area contributed by atoms with Crippen LogP contribution in [0.3, 0.4) is 0 Å². The maximum atomic E-state index is 13.4. The fourth-order valence-electron chi connectivity index (χ4n) is 4.21. The maximum Gasteiger partial charge on any atom is 0.305 e. The second-order valence-corrected chi connectivity index (χ2v) is 9.46. The van der Waals surface area contributed by atoms with Crippen LogP contribution >= 0.6 is 0 Å². The normalized spacial score (nSPS) is 12.0. The van der Waals surface area contributed by atoms with Gasteiger partial charge in [0.15, 0.2) is 5.96 Å². The highest BCUT2D eigenvalue weighted by Crippen LogP contribution is 2.24. The second-order valence-electron chi connectivity index (χ2n) is 9.46. The van der Waals surface area contributed by atoms with Gasteiger partial charge in [0.05, 0.1) is 12.5 Å². The molecular weight excluding hydrogens is 522 g/mol. The van der Waals surface area contributed by atoms with Gasteiger partial charge >= 0.3 is 5.97 Å². The van der Waals surface area contributed by atoms with Crippen LogP contribution in [-0.4, -0.2) is 53.0 Å². The third-order valence-corrected chi connectivity index (χ3v) is 6.26. The summed E-state index contributed by atoms with van der Waals surface area (Å²) in [7, 11) is 0. The highest BCUT2D eigenvalue weighted by Gasteiger charge is 2.25. The van der Waals surface area contributed by atoms with Crippen molar-refractivity contribution < 1.29 is 19.5 Å². The minimum absolute atomic E-state index is 0.0593. The number of hydrogen-bond donors (Lipinski definition) is 6. The van der Waals surface area contributed by atoms with Gasteiger partial charge in [-0.25, -0.2) is 4.98 Å². The number of amides is 2. The Balaban J connectivity index is 1.64. The van der Waals surface area contributed by atoms with Crippen LogP contribution in [0.5, 0.6) is 0 Å². The highest BCUT2D eigenvalue weighted by molar-refractivity contribution is 5.88. The van der Waals surface area contributed by atoms with Crippen LogP contribution in [0.15, 0.2) is 84.0 Å². The number of rotatable bonds is 16. The lowest BCUT2D eigenvalue weighted by Crippen LogP contribution is -2.48. The summed E-state index contributed by atoms with van der Waals surface area (Å²) in [5.74, 6) is -1.18. The molecule has 2 amide bonds. The molecule has 11 nitrogen and oxygen atoms in total. The number of nitrogens with one attached hydrogen (secondary N) is 3. The number of pyridine rings is 1. The van der Waals surface area contributed by atoms with Crippen molar-refractivity contribution in [2.45, 2.75) is 44.2 Å². The number of carboxylic acid groups (broad SMARTS) is 1. The van der Waals surface area contributed by atoms with E-state index in [1.165, 1.54) is 0 Å². The molecule has 0 bridgehead atoms. The van der Waals surface area contributed by atoms with Gasteiger partial charge in [0.25, 0.3) is 0 Å². The van der Waals surface area contributed by atoms with E-state index in [1.54, 1.807) is 18.3 Å². The molecule has 3 aromatic rings. The topological polar surface area (TPSA) is 185 Å². The summed E-state index contributed by atoms with van der Waals surface area (Å²) < 4.78 is 0. The highest BCUT2D eigenvalue weighted by atomic mass is 16.4. The Morgan fingerprint density at radius 3 is 2.24 bits per heavy atom. The van der Waals surface area contributed by atoms with E-state index in [1.807, 2.05) is 60.7 Å². The second kappa shape index (κ2) is 16.2. The molecule has 8 N–H and O–H groups in total. The minimum atomic E-state index is -1.06. The summed E-state index contributed by atoms with van der Waals surface area (Å²) >= 11 is 0. The molecule has 1 heterocycles. The molecule has 216 valence electrons. The third-order valence-electron chi connectivity index (χ3n) is 6.26. The Morgan fingerprint density at radius 1 is 0.878 bits per heavy atom. The molecule has 0 aliphatic heterocycles. The van der Waals surface area contributed by atoms with Crippen LogP contribution in [0.2, 0.25) is 0 Å². The van der Waals surface area contributed by atoms with Crippen LogP contribution in [0.1, 0.15) is 43.7 Å². The SMILES string of the molecule is NC(N)=NCCC[C@H](NC(=O)CCCNc1ccccn1)C(=O)NC(CC(=O)O)c1ccc(-c2ccccc2)cc1. The average molecular weight is 560 g/mol. The molecule has 3 rings (SSSR count). The standard InChI is InChI=1S/C30H37N7O4/c31-30(32)35-19-6-10-24(36-27(38)12-7-18-34-26-11-4-5-17-33-26)29(41)37-25(20-28(39)40)23-15-13-22(14-16-23)21-8-2-1-3-9-21/h1-5,8-9,11,13-17,24-25H,6-7,10,12,18-20H2,(H,33,34)(H,36,38)(H,37,41)(H,39,40)(H4,31,32,35)/t24-,25?/m0/s1. The lowest BCUT2D eigenvalue weighted by molar-refractivity contribution is -0.138. The zero-order valence-electron chi connectivity index (χ0n) is 22.8. The Hall–Kier alpha value is -4.93. The molecule has 2 aromatic carbocycles. The number of nitrogens with zero attached hydrogens (tertiary/aromatic N) is 2. The maximum absolute atomic E-state index is 13.4. The van der Waals surface area contributed by atoms with Crippen molar-refractivity contribution in [3.63, 3.8) is 0 Å². The van der Waals surface area contributed by atoms with Crippen molar-refractivity contribution in [3.05, 3.63) is 84.6 Å². The first-order valence-corrected chi connectivity index (χ1v) is 13.5.